The van der Waals surface area contributed by atoms with Crippen LogP contribution in [0, 0.1) is 0 Å². The number of rotatable bonds is 2. The number of hydrogen-bond donors (Lipinski definition) is 4. The van der Waals surface area contributed by atoms with Crippen LogP contribution >= 0.6 is 0 Å². The Bertz CT molecular complexity index is 242. The standard InChI is InChI=1S/C6H11N3O5/c7-9-8-6-5(13)4(12)3(11)2(1-10)14-6/h2-6,10-13H,1H2/t2?,3-,4?,5?,6-/m1/s1. The predicted molar refractivity (Wildman–Crippen MR) is 42.9 cm³/mol. The summed E-state index contributed by atoms with van der Waals surface area (Å²) in [5, 5.41) is 39.6. The summed E-state index contributed by atoms with van der Waals surface area (Å²) >= 11 is 0. The molecule has 80 valence electrons. The Morgan fingerprint density at radius 1 is 1.21 bits per heavy atom. The second-order valence-corrected chi connectivity index (χ2v) is 2.92. The second-order valence-electron chi connectivity index (χ2n) is 2.92. The first-order valence-corrected chi connectivity index (χ1v) is 3.96. The van der Waals surface area contributed by atoms with E-state index in [9.17, 15) is 15.3 Å². The Kier molecular flexibility index (Phi) is 3.64. The Morgan fingerprint density at radius 3 is 2.36 bits per heavy atom. The van der Waals surface area contributed by atoms with Crippen molar-refractivity contribution in [2.75, 3.05) is 6.61 Å². The molecule has 1 aliphatic rings. The fraction of sp³-hybridized carbons (Fsp3) is 1.00. The molecule has 0 radical (unpaired) electrons. The third-order valence-electron chi connectivity index (χ3n) is 2.03. The molecule has 14 heavy (non-hydrogen) atoms. The Hall–Kier alpha value is -0.890. The molecular formula is C6H11N3O5. The molecule has 1 aliphatic heterocycles. The maximum Gasteiger partial charge on any atom is 0.165 e. The van der Waals surface area contributed by atoms with Gasteiger partial charge >= 0.3 is 0 Å². The third-order valence-corrected chi connectivity index (χ3v) is 2.03. The van der Waals surface area contributed by atoms with E-state index in [4.69, 9.17) is 15.4 Å². The van der Waals surface area contributed by atoms with E-state index in [1.807, 2.05) is 0 Å². The molecule has 1 saturated heterocycles. The summed E-state index contributed by atoms with van der Waals surface area (Å²) in [5.41, 5.74) is 8.11. The number of azide groups is 1. The van der Waals surface area contributed by atoms with Crippen molar-refractivity contribution in [3.05, 3.63) is 10.4 Å². The number of ether oxygens (including phenoxy) is 1. The Balaban J connectivity index is 2.77. The quantitative estimate of drug-likeness (QED) is 0.237. The van der Waals surface area contributed by atoms with Crippen LogP contribution in [0.25, 0.3) is 10.4 Å². The highest BCUT2D eigenvalue weighted by atomic mass is 16.6. The summed E-state index contributed by atoms with van der Waals surface area (Å²) in [6.07, 6.45) is -6.76. The lowest BCUT2D eigenvalue weighted by atomic mass is 9.99. The van der Waals surface area contributed by atoms with Gasteiger partial charge in [0.05, 0.1) is 6.61 Å². The minimum atomic E-state index is -1.50. The molecule has 1 rings (SSSR count). The van der Waals surface area contributed by atoms with Crippen LogP contribution in [0.4, 0.5) is 0 Å². The fourth-order valence-corrected chi connectivity index (χ4v) is 1.23. The van der Waals surface area contributed by atoms with Crippen LogP contribution in [0.3, 0.4) is 0 Å². The highest BCUT2D eigenvalue weighted by Crippen LogP contribution is 2.21. The van der Waals surface area contributed by atoms with Crippen molar-refractivity contribution in [3.8, 4) is 0 Å². The van der Waals surface area contributed by atoms with Gasteiger partial charge < -0.3 is 25.2 Å². The molecule has 0 amide bonds. The average molecular weight is 205 g/mol. The zero-order valence-electron chi connectivity index (χ0n) is 7.13. The molecular weight excluding hydrogens is 194 g/mol. The largest absolute Gasteiger partial charge is 0.394 e. The van der Waals surface area contributed by atoms with E-state index in [1.54, 1.807) is 0 Å². The summed E-state index contributed by atoms with van der Waals surface area (Å²) < 4.78 is 4.84. The molecule has 1 heterocycles. The zero-order chi connectivity index (χ0) is 10.7. The topological polar surface area (TPSA) is 139 Å². The monoisotopic (exact) mass is 205 g/mol. The van der Waals surface area contributed by atoms with Crippen molar-refractivity contribution in [2.45, 2.75) is 30.6 Å². The Morgan fingerprint density at radius 2 is 1.86 bits per heavy atom. The van der Waals surface area contributed by atoms with Crippen LogP contribution < -0.4 is 0 Å². The first kappa shape index (κ1) is 11.2. The van der Waals surface area contributed by atoms with Crippen LogP contribution in [-0.4, -0.2) is 57.7 Å². The van der Waals surface area contributed by atoms with Gasteiger partial charge in [-0.15, -0.1) is 0 Å². The van der Waals surface area contributed by atoms with E-state index >= 15 is 0 Å². The van der Waals surface area contributed by atoms with Crippen molar-refractivity contribution in [1.29, 1.82) is 0 Å². The molecule has 0 aliphatic carbocycles. The van der Waals surface area contributed by atoms with E-state index in [0.717, 1.165) is 0 Å². The molecule has 8 heteroatoms. The number of nitrogens with zero attached hydrogens (tertiary/aromatic N) is 3. The van der Waals surface area contributed by atoms with Gasteiger partial charge in [-0.1, -0.05) is 5.11 Å². The molecule has 3 unspecified atom stereocenters. The first-order chi connectivity index (χ1) is 6.61. The van der Waals surface area contributed by atoms with E-state index in [1.165, 1.54) is 0 Å². The van der Waals surface area contributed by atoms with Crippen molar-refractivity contribution >= 4 is 0 Å². The summed E-state index contributed by atoms with van der Waals surface area (Å²) in [7, 11) is 0. The van der Waals surface area contributed by atoms with Gasteiger partial charge in [-0.05, 0) is 5.53 Å². The lowest BCUT2D eigenvalue weighted by Crippen LogP contribution is -2.57. The number of hydrogen-bond acceptors (Lipinski definition) is 6. The predicted octanol–water partition coefficient (Wildman–Crippen LogP) is -1.90. The molecule has 1 fully saturated rings. The van der Waals surface area contributed by atoms with Crippen LogP contribution in [0.15, 0.2) is 5.11 Å². The van der Waals surface area contributed by atoms with E-state index in [2.05, 4.69) is 10.0 Å². The summed E-state index contributed by atoms with van der Waals surface area (Å²) in [5.74, 6) is 0. The van der Waals surface area contributed by atoms with Crippen molar-refractivity contribution in [3.63, 3.8) is 0 Å². The molecule has 0 aromatic carbocycles. The van der Waals surface area contributed by atoms with Gasteiger partial charge in [0, 0.05) is 4.91 Å². The van der Waals surface area contributed by atoms with Crippen molar-refractivity contribution < 1.29 is 25.2 Å². The second kappa shape index (κ2) is 4.56. The van der Waals surface area contributed by atoms with E-state index < -0.39 is 37.3 Å². The zero-order valence-corrected chi connectivity index (χ0v) is 7.13. The Labute approximate surface area is 79.0 Å². The van der Waals surface area contributed by atoms with E-state index in [-0.39, 0.29) is 0 Å². The van der Waals surface area contributed by atoms with Crippen LogP contribution in [0.5, 0.6) is 0 Å². The van der Waals surface area contributed by atoms with Crippen LogP contribution in [-0.2, 0) is 4.74 Å². The molecule has 0 spiro atoms. The fourth-order valence-electron chi connectivity index (χ4n) is 1.23. The van der Waals surface area contributed by atoms with Crippen molar-refractivity contribution in [2.24, 2.45) is 5.11 Å². The molecule has 0 saturated carbocycles. The highest BCUT2D eigenvalue weighted by molar-refractivity contribution is 4.90. The average Bonchev–Trinajstić information content (AvgIpc) is 2.19. The van der Waals surface area contributed by atoms with Gasteiger partial charge in [0.25, 0.3) is 0 Å². The number of aliphatic hydroxyl groups excluding tert-OH is 4. The molecule has 8 nitrogen and oxygen atoms in total. The SMILES string of the molecule is [N-]=[N+]=N[C@@H]1OC(CO)[C@@H](O)C(O)C1O. The van der Waals surface area contributed by atoms with Gasteiger partial charge in [0.2, 0.25) is 0 Å². The summed E-state index contributed by atoms with van der Waals surface area (Å²) in [4.78, 5) is 2.40. The molecule has 0 aromatic heterocycles. The normalized spacial score (nSPS) is 43.0. The maximum atomic E-state index is 9.27. The highest BCUT2D eigenvalue weighted by Gasteiger charge is 2.42. The van der Waals surface area contributed by atoms with E-state index in [0.29, 0.717) is 0 Å². The lowest BCUT2D eigenvalue weighted by molar-refractivity contribution is -0.227. The molecule has 0 bridgehead atoms. The lowest BCUT2D eigenvalue weighted by Gasteiger charge is -2.37. The smallest absolute Gasteiger partial charge is 0.165 e. The summed E-state index contributed by atoms with van der Waals surface area (Å²) in [6, 6.07) is 0. The first-order valence-electron chi connectivity index (χ1n) is 3.96. The van der Waals surface area contributed by atoms with Gasteiger partial charge in [-0.2, -0.15) is 0 Å². The molecule has 5 atom stereocenters. The molecule has 4 N–H and O–H groups in total. The van der Waals surface area contributed by atoms with Gasteiger partial charge in [-0.25, -0.2) is 0 Å². The number of aliphatic hydroxyl groups is 4. The molecule has 0 aromatic rings. The van der Waals surface area contributed by atoms with Gasteiger partial charge in [0.1, 0.15) is 24.4 Å². The van der Waals surface area contributed by atoms with Crippen LogP contribution in [0.1, 0.15) is 0 Å². The van der Waals surface area contributed by atoms with Crippen molar-refractivity contribution in [1.82, 2.24) is 0 Å². The van der Waals surface area contributed by atoms with Gasteiger partial charge in [-0.3, -0.25) is 0 Å². The van der Waals surface area contributed by atoms with Gasteiger partial charge in [0.15, 0.2) is 6.23 Å². The minimum absolute atomic E-state index is 0.539. The van der Waals surface area contributed by atoms with Crippen LogP contribution in [0.2, 0.25) is 0 Å². The summed E-state index contributed by atoms with van der Waals surface area (Å²) in [6.45, 7) is -0.539. The maximum absolute atomic E-state index is 9.27. The third kappa shape index (κ3) is 1.95. The minimum Gasteiger partial charge on any atom is -0.394 e.